The molecule has 3 heterocycles. The van der Waals surface area contributed by atoms with Crippen LogP contribution in [-0.2, 0) is 11.2 Å². The monoisotopic (exact) mass is 396 g/mol. The third-order valence-electron chi connectivity index (χ3n) is 2.77. The van der Waals surface area contributed by atoms with E-state index in [1.807, 2.05) is 29.8 Å². The van der Waals surface area contributed by atoms with E-state index in [9.17, 15) is 9.59 Å². The number of carbonyl (C=O) groups excluding carboxylic acids is 2. The van der Waals surface area contributed by atoms with Crippen molar-refractivity contribution in [1.29, 1.82) is 0 Å². The predicted octanol–water partition coefficient (Wildman–Crippen LogP) is 3.52. The van der Waals surface area contributed by atoms with Gasteiger partial charge in [0.05, 0.1) is 22.7 Å². The summed E-state index contributed by atoms with van der Waals surface area (Å²) in [5.74, 6) is 0.266. The first kappa shape index (κ1) is 17.2. The van der Waals surface area contributed by atoms with Crippen LogP contribution in [0.1, 0.15) is 20.4 Å². The summed E-state index contributed by atoms with van der Waals surface area (Å²) in [5, 5.41) is 15.4. The van der Waals surface area contributed by atoms with Gasteiger partial charge in [0.2, 0.25) is 11.0 Å². The number of thiazole rings is 1. The Kier molecular flexibility index (Phi) is 5.72. The molecule has 124 valence electrons. The number of thiophene rings is 1. The average Bonchev–Trinajstić information content (AvgIpc) is 3.27. The van der Waals surface area contributed by atoms with Gasteiger partial charge in [-0.2, -0.15) is 0 Å². The van der Waals surface area contributed by atoms with Crippen LogP contribution in [0.3, 0.4) is 0 Å². The lowest BCUT2D eigenvalue weighted by Gasteiger charge is -1.98. The minimum atomic E-state index is -0.178. The first-order valence-electron chi connectivity index (χ1n) is 6.84. The molecule has 3 rings (SSSR count). The van der Waals surface area contributed by atoms with E-state index in [2.05, 4.69) is 20.5 Å². The van der Waals surface area contributed by atoms with Crippen molar-refractivity contribution in [2.24, 2.45) is 0 Å². The highest BCUT2D eigenvalue weighted by atomic mass is 32.2. The quantitative estimate of drug-likeness (QED) is 0.486. The highest BCUT2D eigenvalue weighted by molar-refractivity contribution is 8.01. The van der Waals surface area contributed by atoms with Crippen LogP contribution < -0.4 is 5.32 Å². The second-order valence-corrected chi connectivity index (χ2v) is 8.85. The number of nitrogens with one attached hydrogen (secondary N) is 1. The Morgan fingerprint density at radius 3 is 2.88 bits per heavy atom. The van der Waals surface area contributed by atoms with Gasteiger partial charge in [-0.05, 0) is 18.4 Å². The molecule has 0 saturated carbocycles. The SMILES string of the molecule is Cc1nnc(NC(=O)Cc2csc(SCC(=O)c3cccs3)n2)s1. The number of carbonyl (C=O) groups is 2. The van der Waals surface area contributed by atoms with Gasteiger partial charge in [0.1, 0.15) is 5.01 Å². The number of thioether (sulfide) groups is 1. The summed E-state index contributed by atoms with van der Waals surface area (Å²) in [4.78, 5) is 29.1. The van der Waals surface area contributed by atoms with E-state index >= 15 is 0 Å². The fraction of sp³-hybridized carbons (Fsp3) is 0.214. The van der Waals surface area contributed by atoms with E-state index < -0.39 is 0 Å². The van der Waals surface area contributed by atoms with Gasteiger partial charge in [-0.1, -0.05) is 29.2 Å². The Bertz CT molecular complexity index is 841. The van der Waals surface area contributed by atoms with Crippen molar-refractivity contribution in [1.82, 2.24) is 15.2 Å². The van der Waals surface area contributed by atoms with Crippen LogP contribution in [0.4, 0.5) is 5.13 Å². The number of hydrogen-bond acceptors (Lipinski definition) is 9. The van der Waals surface area contributed by atoms with Gasteiger partial charge in [-0.25, -0.2) is 4.98 Å². The molecule has 0 atom stereocenters. The number of rotatable bonds is 7. The maximum Gasteiger partial charge on any atom is 0.232 e. The number of aromatic nitrogens is 3. The summed E-state index contributed by atoms with van der Waals surface area (Å²) >= 11 is 5.60. The van der Waals surface area contributed by atoms with E-state index in [1.54, 1.807) is 0 Å². The van der Waals surface area contributed by atoms with Gasteiger partial charge in [0, 0.05) is 5.38 Å². The topological polar surface area (TPSA) is 84.8 Å². The minimum absolute atomic E-state index is 0.0936. The number of Topliss-reactive ketones (excluding diaryl/α,β-unsaturated/α-hetero) is 1. The highest BCUT2D eigenvalue weighted by Gasteiger charge is 2.12. The Labute approximate surface area is 154 Å². The second-order valence-electron chi connectivity index (χ2n) is 4.65. The molecule has 3 aromatic rings. The van der Waals surface area contributed by atoms with Crippen LogP contribution in [0.25, 0.3) is 0 Å². The number of hydrogen-bond donors (Lipinski definition) is 1. The molecule has 0 aromatic carbocycles. The third kappa shape index (κ3) is 4.69. The largest absolute Gasteiger partial charge is 0.300 e. The van der Waals surface area contributed by atoms with Crippen LogP contribution in [0.5, 0.6) is 0 Å². The van der Waals surface area contributed by atoms with Crippen molar-refractivity contribution in [3.63, 3.8) is 0 Å². The average molecular weight is 397 g/mol. The fourth-order valence-electron chi connectivity index (χ4n) is 1.75. The van der Waals surface area contributed by atoms with Crippen molar-refractivity contribution in [2.75, 3.05) is 11.1 Å². The third-order valence-corrected chi connectivity index (χ3v) is 6.50. The highest BCUT2D eigenvalue weighted by Crippen LogP contribution is 2.25. The zero-order valence-electron chi connectivity index (χ0n) is 12.5. The smallest absolute Gasteiger partial charge is 0.232 e. The van der Waals surface area contributed by atoms with Crippen molar-refractivity contribution >= 4 is 62.6 Å². The lowest BCUT2D eigenvalue weighted by molar-refractivity contribution is -0.115. The number of anilines is 1. The van der Waals surface area contributed by atoms with Crippen molar-refractivity contribution in [3.8, 4) is 0 Å². The predicted molar refractivity (Wildman–Crippen MR) is 98.5 cm³/mol. The molecule has 0 saturated heterocycles. The maximum absolute atomic E-state index is 12.0. The molecule has 10 heteroatoms. The molecule has 0 fully saturated rings. The molecule has 0 aliphatic rings. The molecule has 24 heavy (non-hydrogen) atoms. The van der Waals surface area contributed by atoms with Crippen LogP contribution in [0.15, 0.2) is 27.2 Å². The van der Waals surface area contributed by atoms with Gasteiger partial charge >= 0.3 is 0 Å². The van der Waals surface area contributed by atoms with E-state index in [0.717, 1.165) is 14.2 Å². The van der Waals surface area contributed by atoms with E-state index in [0.29, 0.717) is 16.6 Å². The van der Waals surface area contributed by atoms with Crippen molar-refractivity contribution < 1.29 is 9.59 Å². The van der Waals surface area contributed by atoms with Crippen molar-refractivity contribution in [2.45, 2.75) is 17.7 Å². The first-order chi connectivity index (χ1) is 11.6. The number of amides is 1. The summed E-state index contributed by atoms with van der Waals surface area (Å²) in [7, 11) is 0. The summed E-state index contributed by atoms with van der Waals surface area (Å²) in [5.41, 5.74) is 0.685. The minimum Gasteiger partial charge on any atom is -0.300 e. The molecule has 0 radical (unpaired) electrons. The van der Waals surface area contributed by atoms with Gasteiger partial charge in [-0.15, -0.1) is 32.9 Å². The van der Waals surface area contributed by atoms with Crippen LogP contribution in [-0.4, -0.2) is 32.6 Å². The molecule has 0 aliphatic carbocycles. The Morgan fingerprint density at radius 1 is 1.29 bits per heavy atom. The molecular formula is C14H12N4O2S4. The summed E-state index contributed by atoms with van der Waals surface area (Å²) < 4.78 is 0.787. The van der Waals surface area contributed by atoms with Crippen LogP contribution in [0.2, 0.25) is 0 Å². The molecule has 1 amide bonds. The number of nitrogens with zero attached hydrogens (tertiary/aromatic N) is 3. The Balaban J connectivity index is 1.50. The molecule has 0 bridgehead atoms. The first-order valence-corrected chi connectivity index (χ1v) is 10.4. The number of ketones is 1. The summed E-state index contributed by atoms with van der Waals surface area (Å²) in [6.45, 7) is 1.83. The Hall–Kier alpha value is -1.62. The summed E-state index contributed by atoms with van der Waals surface area (Å²) in [6.07, 6.45) is 0.175. The fourth-order valence-corrected chi connectivity index (χ4v) is 4.84. The second kappa shape index (κ2) is 7.97. The molecule has 3 aromatic heterocycles. The Morgan fingerprint density at radius 2 is 2.17 bits per heavy atom. The zero-order valence-corrected chi connectivity index (χ0v) is 15.8. The van der Waals surface area contributed by atoms with Gasteiger partial charge in [-0.3, -0.25) is 9.59 Å². The van der Waals surface area contributed by atoms with Crippen molar-refractivity contribution in [3.05, 3.63) is 38.5 Å². The lowest BCUT2D eigenvalue weighted by Crippen LogP contribution is -2.14. The molecular weight excluding hydrogens is 384 g/mol. The van der Waals surface area contributed by atoms with Crippen LogP contribution in [0, 0.1) is 6.92 Å². The van der Waals surface area contributed by atoms with E-state index in [4.69, 9.17) is 0 Å². The zero-order chi connectivity index (χ0) is 16.9. The normalized spacial score (nSPS) is 10.7. The molecule has 0 unspecified atom stereocenters. The molecule has 0 aliphatic heterocycles. The summed E-state index contributed by atoms with van der Waals surface area (Å²) in [6, 6.07) is 3.68. The van der Waals surface area contributed by atoms with E-state index in [-0.39, 0.29) is 18.1 Å². The van der Waals surface area contributed by atoms with Crippen LogP contribution >= 0.6 is 45.8 Å². The van der Waals surface area contributed by atoms with Gasteiger partial charge in [0.15, 0.2) is 10.1 Å². The van der Waals surface area contributed by atoms with Gasteiger partial charge < -0.3 is 5.32 Å². The maximum atomic E-state index is 12.0. The number of aryl methyl sites for hydroxylation is 1. The molecule has 1 N–H and O–H groups in total. The van der Waals surface area contributed by atoms with Gasteiger partial charge in [0.25, 0.3) is 0 Å². The van der Waals surface area contributed by atoms with E-state index in [1.165, 1.54) is 45.8 Å². The molecule has 6 nitrogen and oxygen atoms in total. The standard InChI is InChI=1S/C14H12N4O2S4/c1-8-17-18-13(24-8)16-12(20)5-9-6-22-14(15-9)23-7-10(19)11-3-2-4-21-11/h2-4,6H,5,7H2,1H3,(H,16,18,20). The lowest BCUT2D eigenvalue weighted by atomic mass is 10.3. The molecule has 0 spiro atoms.